The smallest absolute Gasteiger partial charge is 0.323 e. The first-order valence-corrected chi connectivity index (χ1v) is 12.1. The summed E-state index contributed by atoms with van der Waals surface area (Å²) in [6.45, 7) is -0.424. The molecule has 0 bridgehead atoms. The molecule has 0 unspecified atom stereocenters. The van der Waals surface area contributed by atoms with Crippen LogP contribution in [0.4, 0.5) is 5.82 Å². The summed E-state index contributed by atoms with van der Waals surface area (Å²) in [6, 6.07) is 16.8. The molecule has 1 fully saturated rings. The number of carbonyl (C=O) groups is 1. The zero-order valence-electron chi connectivity index (χ0n) is 19.7. The monoisotopic (exact) mass is 487 g/mol. The number of carboxylic acid groups (broad SMARTS) is 1. The topological polar surface area (TPSA) is 136 Å². The lowest BCUT2D eigenvalue weighted by molar-refractivity contribution is -0.140. The number of rotatable bonds is 8. The van der Waals surface area contributed by atoms with E-state index in [1.807, 2.05) is 54.6 Å². The molecular formula is C27H29N5O4. The van der Waals surface area contributed by atoms with Crippen LogP contribution >= 0.6 is 0 Å². The molecule has 1 aliphatic rings. The molecule has 5 N–H and O–H groups in total. The molecule has 2 aromatic carbocycles. The molecule has 0 spiro atoms. The van der Waals surface area contributed by atoms with Gasteiger partial charge in [0.05, 0.1) is 12.0 Å². The first kappa shape index (κ1) is 23.8. The van der Waals surface area contributed by atoms with Gasteiger partial charge < -0.3 is 25.3 Å². The van der Waals surface area contributed by atoms with Crippen LogP contribution in [0, 0.1) is 0 Å². The van der Waals surface area contributed by atoms with E-state index in [1.54, 1.807) is 0 Å². The second-order valence-electron chi connectivity index (χ2n) is 9.09. The van der Waals surface area contributed by atoms with Crippen LogP contribution in [0.5, 0.6) is 11.5 Å². The van der Waals surface area contributed by atoms with Crippen LogP contribution in [-0.2, 0) is 4.79 Å². The normalized spacial score (nSPS) is 18.7. The highest BCUT2D eigenvalue weighted by Crippen LogP contribution is 2.38. The molecule has 1 saturated carbocycles. The van der Waals surface area contributed by atoms with Crippen LogP contribution in [0.25, 0.3) is 22.2 Å². The number of para-hydroxylation sites is 1. The van der Waals surface area contributed by atoms with E-state index < -0.39 is 18.6 Å². The van der Waals surface area contributed by atoms with Crippen molar-refractivity contribution in [2.24, 2.45) is 0 Å². The van der Waals surface area contributed by atoms with E-state index in [1.165, 1.54) is 6.33 Å². The SMILES string of the molecule is Nc1ncnc2c1c(-c1ccc(Oc3ccccc3)cc1)cn2C1CCC(N[C@H](CO)C(=O)O)CC1. The Bertz CT molecular complexity index is 1330. The second kappa shape index (κ2) is 10.3. The Morgan fingerprint density at radius 2 is 1.75 bits per heavy atom. The number of nitrogens with two attached hydrogens (primary N) is 1. The number of nitrogens with one attached hydrogen (secondary N) is 1. The number of hydrogen-bond donors (Lipinski definition) is 4. The number of fused-ring (bicyclic) bond motifs is 1. The number of hydrogen-bond acceptors (Lipinski definition) is 7. The average molecular weight is 488 g/mol. The van der Waals surface area contributed by atoms with Gasteiger partial charge in [0.2, 0.25) is 0 Å². The van der Waals surface area contributed by atoms with E-state index in [-0.39, 0.29) is 12.1 Å². The molecule has 36 heavy (non-hydrogen) atoms. The quantitative estimate of drug-likeness (QED) is 0.293. The molecule has 2 heterocycles. The number of aliphatic hydroxyl groups excluding tert-OH is 1. The van der Waals surface area contributed by atoms with Crippen LogP contribution in [0.15, 0.2) is 67.1 Å². The Balaban J connectivity index is 1.38. The third-order valence-corrected chi connectivity index (χ3v) is 6.79. The van der Waals surface area contributed by atoms with Crippen molar-refractivity contribution in [1.82, 2.24) is 19.9 Å². The second-order valence-corrected chi connectivity index (χ2v) is 9.09. The van der Waals surface area contributed by atoms with Crippen LogP contribution in [0.3, 0.4) is 0 Å². The van der Waals surface area contributed by atoms with Gasteiger partial charge >= 0.3 is 5.97 Å². The Morgan fingerprint density at radius 1 is 1.06 bits per heavy atom. The summed E-state index contributed by atoms with van der Waals surface area (Å²) in [5.41, 5.74) is 9.05. The number of aromatic nitrogens is 3. The predicted octanol–water partition coefficient (Wildman–Crippen LogP) is 3.99. The summed E-state index contributed by atoms with van der Waals surface area (Å²) < 4.78 is 8.10. The van der Waals surface area contributed by atoms with Crippen molar-refractivity contribution in [3.05, 3.63) is 67.1 Å². The summed E-state index contributed by atoms with van der Waals surface area (Å²) in [6.07, 6.45) is 6.89. The first-order valence-electron chi connectivity index (χ1n) is 12.1. The van der Waals surface area contributed by atoms with Gasteiger partial charge in [0.1, 0.15) is 35.3 Å². The number of benzene rings is 2. The number of carboxylic acids is 1. The number of aliphatic hydroxyl groups is 1. The maximum atomic E-state index is 11.3. The average Bonchev–Trinajstić information content (AvgIpc) is 3.29. The van der Waals surface area contributed by atoms with Gasteiger partial charge in [0.25, 0.3) is 0 Å². The fraction of sp³-hybridized carbons (Fsp3) is 0.296. The lowest BCUT2D eigenvalue weighted by Gasteiger charge is -2.31. The molecule has 9 nitrogen and oxygen atoms in total. The molecule has 4 aromatic rings. The molecule has 9 heteroatoms. The summed E-state index contributed by atoms with van der Waals surface area (Å²) in [5.74, 6) is 0.915. The summed E-state index contributed by atoms with van der Waals surface area (Å²) >= 11 is 0. The molecule has 2 aromatic heterocycles. The Hall–Kier alpha value is -3.95. The maximum absolute atomic E-state index is 11.3. The molecule has 0 saturated heterocycles. The first-order chi connectivity index (χ1) is 17.5. The van der Waals surface area contributed by atoms with Gasteiger partial charge in [-0.15, -0.1) is 0 Å². The molecular weight excluding hydrogens is 458 g/mol. The van der Waals surface area contributed by atoms with Crippen LogP contribution in [0.2, 0.25) is 0 Å². The summed E-state index contributed by atoms with van der Waals surface area (Å²) in [5, 5.41) is 22.4. The summed E-state index contributed by atoms with van der Waals surface area (Å²) in [4.78, 5) is 20.1. The minimum Gasteiger partial charge on any atom is -0.480 e. The molecule has 0 radical (unpaired) electrons. The van der Waals surface area contributed by atoms with E-state index in [9.17, 15) is 15.0 Å². The summed E-state index contributed by atoms with van der Waals surface area (Å²) in [7, 11) is 0. The van der Waals surface area contributed by atoms with Crippen LogP contribution in [-0.4, -0.2) is 49.4 Å². The van der Waals surface area contributed by atoms with Crippen LogP contribution < -0.4 is 15.8 Å². The fourth-order valence-electron chi connectivity index (χ4n) is 4.94. The third kappa shape index (κ3) is 4.89. The minimum absolute atomic E-state index is 0.0488. The van der Waals surface area contributed by atoms with Crippen molar-refractivity contribution in [3.63, 3.8) is 0 Å². The highest BCUT2D eigenvalue weighted by molar-refractivity contribution is 6.00. The lowest BCUT2D eigenvalue weighted by atomic mass is 9.90. The van der Waals surface area contributed by atoms with Gasteiger partial charge in [-0.25, -0.2) is 9.97 Å². The fourth-order valence-corrected chi connectivity index (χ4v) is 4.94. The lowest BCUT2D eigenvalue weighted by Crippen LogP contribution is -2.46. The van der Waals surface area contributed by atoms with Crippen molar-refractivity contribution in [1.29, 1.82) is 0 Å². The van der Waals surface area contributed by atoms with Gasteiger partial charge in [-0.1, -0.05) is 30.3 Å². The molecule has 5 rings (SSSR count). The number of ether oxygens (including phenoxy) is 1. The number of nitrogens with zero attached hydrogens (tertiary/aromatic N) is 3. The van der Waals surface area contributed by atoms with Gasteiger partial charge in [-0.05, 0) is 55.5 Å². The number of nitrogen functional groups attached to an aromatic ring is 1. The van der Waals surface area contributed by atoms with E-state index >= 15 is 0 Å². The standard InChI is InChI=1S/C27H29N5O4/c28-25-24-22(17-6-12-21(13-7-17)36-20-4-2-1-3-5-20)14-32(26(24)30-16-29-25)19-10-8-18(9-11-19)31-23(15-33)27(34)35/h1-7,12-14,16,18-19,23,31,33H,8-11,15H2,(H,34,35)(H2,28,29,30)/t18?,19?,23-/m1/s1. The number of aliphatic carboxylic acids is 1. The molecule has 1 aliphatic carbocycles. The third-order valence-electron chi connectivity index (χ3n) is 6.79. The Morgan fingerprint density at radius 3 is 2.42 bits per heavy atom. The Kier molecular flexibility index (Phi) is 6.84. The highest BCUT2D eigenvalue weighted by atomic mass is 16.5. The van der Waals surface area contributed by atoms with Crippen LogP contribution in [0.1, 0.15) is 31.7 Å². The zero-order chi connectivity index (χ0) is 25.1. The predicted molar refractivity (Wildman–Crippen MR) is 137 cm³/mol. The van der Waals surface area contributed by atoms with E-state index in [0.29, 0.717) is 5.82 Å². The van der Waals surface area contributed by atoms with Crippen molar-refractivity contribution < 1.29 is 19.7 Å². The largest absolute Gasteiger partial charge is 0.480 e. The van der Waals surface area contributed by atoms with E-state index in [2.05, 4.69) is 26.0 Å². The zero-order valence-corrected chi connectivity index (χ0v) is 19.7. The van der Waals surface area contributed by atoms with Gasteiger partial charge in [0, 0.05) is 23.8 Å². The highest BCUT2D eigenvalue weighted by Gasteiger charge is 2.28. The van der Waals surface area contributed by atoms with Crippen molar-refractivity contribution in [2.45, 2.75) is 43.8 Å². The van der Waals surface area contributed by atoms with E-state index in [4.69, 9.17) is 10.5 Å². The van der Waals surface area contributed by atoms with Crippen molar-refractivity contribution >= 4 is 22.8 Å². The molecule has 186 valence electrons. The van der Waals surface area contributed by atoms with Gasteiger partial charge in [0.15, 0.2) is 0 Å². The molecule has 0 amide bonds. The van der Waals surface area contributed by atoms with E-state index in [0.717, 1.165) is 59.3 Å². The molecule has 0 aliphatic heterocycles. The Labute approximate surface area is 208 Å². The minimum atomic E-state index is -1.03. The van der Waals surface area contributed by atoms with Gasteiger partial charge in [-0.2, -0.15) is 0 Å². The molecule has 1 atom stereocenters. The maximum Gasteiger partial charge on any atom is 0.323 e. The number of anilines is 1. The van der Waals surface area contributed by atoms with Crippen molar-refractivity contribution in [3.8, 4) is 22.6 Å². The van der Waals surface area contributed by atoms with Crippen molar-refractivity contribution in [2.75, 3.05) is 12.3 Å². The van der Waals surface area contributed by atoms with Gasteiger partial charge in [-0.3, -0.25) is 10.1 Å².